The molecule has 0 spiro atoms. The van der Waals surface area contributed by atoms with E-state index in [4.69, 9.17) is 0 Å². The van der Waals surface area contributed by atoms with E-state index in [0.29, 0.717) is 29.5 Å². The average Bonchev–Trinajstić information content (AvgIpc) is 2.67. The Hall–Kier alpha value is -3.28. The molecular formula is C21H21FN4O. The van der Waals surface area contributed by atoms with E-state index >= 15 is 0 Å². The third-order valence-electron chi connectivity index (χ3n) is 3.87. The average molecular weight is 364 g/mol. The fourth-order valence-electron chi connectivity index (χ4n) is 2.46. The van der Waals surface area contributed by atoms with Crippen LogP contribution in [-0.2, 0) is 0 Å². The van der Waals surface area contributed by atoms with E-state index in [1.807, 2.05) is 32.0 Å². The third kappa shape index (κ3) is 5.10. The number of amides is 1. The lowest BCUT2D eigenvalue weighted by atomic mass is 10.1. The summed E-state index contributed by atoms with van der Waals surface area (Å²) in [4.78, 5) is 12.2. The second-order valence-corrected chi connectivity index (χ2v) is 6.62. The van der Waals surface area contributed by atoms with Crippen molar-refractivity contribution in [3.63, 3.8) is 0 Å². The van der Waals surface area contributed by atoms with E-state index in [9.17, 15) is 9.18 Å². The van der Waals surface area contributed by atoms with Gasteiger partial charge >= 0.3 is 0 Å². The van der Waals surface area contributed by atoms with E-state index in [1.165, 1.54) is 12.1 Å². The molecule has 138 valence electrons. The zero-order chi connectivity index (χ0) is 19.2. The molecule has 1 amide bonds. The summed E-state index contributed by atoms with van der Waals surface area (Å²) in [5, 5.41) is 14.4. The van der Waals surface area contributed by atoms with Gasteiger partial charge in [0, 0.05) is 23.4 Å². The Morgan fingerprint density at radius 2 is 1.81 bits per heavy atom. The molecule has 0 saturated carbocycles. The Kier molecular flexibility index (Phi) is 5.76. The maximum absolute atomic E-state index is 13.0. The van der Waals surface area contributed by atoms with Crippen LogP contribution in [0.25, 0.3) is 11.3 Å². The fraction of sp³-hybridized carbons (Fsp3) is 0.190. The number of anilines is 2. The second kappa shape index (κ2) is 8.40. The highest BCUT2D eigenvalue weighted by Crippen LogP contribution is 2.20. The summed E-state index contributed by atoms with van der Waals surface area (Å²) in [6.45, 7) is 4.73. The van der Waals surface area contributed by atoms with Crippen molar-refractivity contribution in [1.29, 1.82) is 0 Å². The number of hydrogen-bond donors (Lipinski definition) is 2. The number of rotatable bonds is 6. The molecule has 5 nitrogen and oxygen atoms in total. The first-order valence-electron chi connectivity index (χ1n) is 8.76. The fourth-order valence-corrected chi connectivity index (χ4v) is 2.46. The van der Waals surface area contributed by atoms with Crippen LogP contribution in [0.4, 0.5) is 15.9 Å². The Morgan fingerprint density at radius 1 is 1.04 bits per heavy atom. The van der Waals surface area contributed by atoms with Gasteiger partial charge in [0.15, 0.2) is 5.82 Å². The van der Waals surface area contributed by atoms with Crippen LogP contribution in [-0.4, -0.2) is 22.6 Å². The molecule has 0 saturated heterocycles. The van der Waals surface area contributed by atoms with Gasteiger partial charge in [-0.2, -0.15) is 0 Å². The normalized spacial score (nSPS) is 10.7. The van der Waals surface area contributed by atoms with Crippen LogP contribution in [0.15, 0.2) is 60.7 Å². The molecule has 3 rings (SSSR count). The maximum atomic E-state index is 13.0. The highest BCUT2D eigenvalue weighted by atomic mass is 19.1. The van der Waals surface area contributed by atoms with Gasteiger partial charge in [-0.15, -0.1) is 10.2 Å². The Bertz CT molecular complexity index is 908. The van der Waals surface area contributed by atoms with Crippen LogP contribution in [0.3, 0.4) is 0 Å². The first-order valence-corrected chi connectivity index (χ1v) is 8.76. The van der Waals surface area contributed by atoms with Crippen LogP contribution < -0.4 is 10.6 Å². The number of nitrogens with one attached hydrogen (secondary N) is 2. The van der Waals surface area contributed by atoms with Gasteiger partial charge < -0.3 is 10.6 Å². The van der Waals surface area contributed by atoms with Crippen molar-refractivity contribution >= 4 is 17.4 Å². The lowest BCUT2D eigenvalue weighted by Gasteiger charge is -2.10. The minimum atomic E-state index is -0.290. The Balaban J connectivity index is 1.69. The summed E-state index contributed by atoms with van der Waals surface area (Å²) in [6, 6.07) is 16.9. The summed E-state index contributed by atoms with van der Waals surface area (Å²) in [5.74, 6) is 0.554. The quantitative estimate of drug-likeness (QED) is 0.680. The van der Waals surface area contributed by atoms with Gasteiger partial charge in [-0.25, -0.2) is 4.39 Å². The first-order chi connectivity index (χ1) is 13.0. The molecule has 0 aliphatic carbocycles. The molecule has 0 atom stereocenters. The monoisotopic (exact) mass is 364 g/mol. The molecule has 1 aromatic heterocycles. The SMILES string of the molecule is CC(C)CNC(=O)c1cccc(Nc2ccc(-c3ccc(F)cc3)nn2)c1. The summed E-state index contributed by atoms with van der Waals surface area (Å²) in [7, 11) is 0. The van der Waals surface area contributed by atoms with Crippen molar-refractivity contribution in [2.45, 2.75) is 13.8 Å². The zero-order valence-electron chi connectivity index (χ0n) is 15.2. The van der Waals surface area contributed by atoms with Crippen LogP contribution in [0.2, 0.25) is 0 Å². The molecule has 0 aliphatic rings. The molecular weight excluding hydrogens is 343 g/mol. The smallest absolute Gasteiger partial charge is 0.251 e. The van der Waals surface area contributed by atoms with Gasteiger partial charge in [0.1, 0.15) is 5.82 Å². The van der Waals surface area contributed by atoms with Crippen LogP contribution in [0, 0.1) is 11.7 Å². The third-order valence-corrected chi connectivity index (χ3v) is 3.87. The standard InChI is InChI=1S/C21H21FN4O/c1-14(2)13-23-21(27)16-4-3-5-18(12-16)24-20-11-10-19(25-26-20)15-6-8-17(22)9-7-15/h3-12,14H,13H2,1-2H3,(H,23,27)(H,24,26). The van der Waals surface area contributed by atoms with Crippen LogP contribution in [0.1, 0.15) is 24.2 Å². The lowest BCUT2D eigenvalue weighted by Crippen LogP contribution is -2.27. The molecule has 2 N–H and O–H groups in total. The van der Waals surface area contributed by atoms with E-state index in [2.05, 4.69) is 20.8 Å². The number of carbonyl (C=O) groups is 1. The number of nitrogens with zero attached hydrogens (tertiary/aromatic N) is 2. The molecule has 0 unspecified atom stereocenters. The van der Waals surface area contributed by atoms with Gasteiger partial charge in [-0.05, 0) is 60.5 Å². The minimum Gasteiger partial charge on any atom is -0.352 e. The van der Waals surface area contributed by atoms with Crippen molar-refractivity contribution in [1.82, 2.24) is 15.5 Å². The number of aromatic nitrogens is 2. The molecule has 2 aromatic carbocycles. The molecule has 0 radical (unpaired) electrons. The van der Waals surface area contributed by atoms with E-state index in [-0.39, 0.29) is 11.7 Å². The number of benzene rings is 2. The molecule has 3 aromatic rings. The topological polar surface area (TPSA) is 66.9 Å². The van der Waals surface area contributed by atoms with Crippen molar-refractivity contribution in [2.24, 2.45) is 5.92 Å². The van der Waals surface area contributed by atoms with Gasteiger partial charge in [-0.3, -0.25) is 4.79 Å². The largest absolute Gasteiger partial charge is 0.352 e. The van der Waals surface area contributed by atoms with Gasteiger partial charge in [0.2, 0.25) is 0 Å². The van der Waals surface area contributed by atoms with E-state index in [0.717, 1.165) is 11.3 Å². The molecule has 1 heterocycles. The lowest BCUT2D eigenvalue weighted by molar-refractivity contribution is 0.0949. The molecule has 0 bridgehead atoms. The van der Waals surface area contributed by atoms with Gasteiger partial charge in [0.05, 0.1) is 5.69 Å². The van der Waals surface area contributed by atoms with Crippen LogP contribution in [0.5, 0.6) is 0 Å². The van der Waals surface area contributed by atoms with Crippen molar-refractivity contribution in [2.75, 3.05) is 11.9 Å². The van der Waals surface area contributed by atoms with Gasteiger partial charge in [0.25, 0.3) is 5.91 Å². The van der Waals surface area contributed by atoms with E-state index < -0.39 is 0 Å². The number of carbonyl (C=O) groups excluding carboxylic acids is 1. The van der Waals surface area contributed by atoms with Crippen molar-refractivity contribution < 1.29 is 9.18 Å². The zero-order valence-corrected chi connectivity index (χ0v) is 15.2. The van der Waals surface area contributed by atoms with E-state index in [1.54, 1.807) is 30.3 Å². The number of halogens is 1. The van der Waals surface area contributed by atoms with Crippen molar-refractivity contribution in [3.05, 3.63) is 72.0 Å². The molecule has 0 fully saturated rings. The van der Waals surface area contributed by atoms with Crippen LogP contribution >= 0.6 is 0 Å². The van der Waals surface area contributed by atoms with Crippen molar-refractivity contribution in [3.8, 4) is 11.3 Å². The summed E-state index contributed by atoms with van der Waals surface area (Å²) in [5.41, 5.74) is 2.77. The maximum Gasteiger partial charge on any atom is 0.251 e. The molecule has 6 heteroatoms. The van der Waals surface area contributed by atoms with Gasteiger partial charge in [-0.1, -0.05) is 19.9 Å². The second-order valence-electron chi connectivity index (χ2n) is 6.62. The summed E-state index contributed by atoms with van der Waals surface area (Å²) >= 11 is 0. The summed E-state index contributed by atoms with van der Waals surface area (Å²) in [6.07, 6.45) is 0. The predicted octanol–water partition coefficient (Wildman–Crippen LogP) is 4.41. The summed E-state index contributed by atoms with van der Waals surface area (Å²) < 4.78 is 13.0. The molecule has 27 heavy (non-hydrogen) atoms. The molecule has 0 aliphatic heterocycles. The predicted molar refractivity (Wildman–Crippen MR) is 104 cm³/mol. The minimum absolute atomic E-state index is 0.106. The highest BCUT2D eigenvalue weighted by molar-refractivity contribution is 5.95. The first kappa shape index (κ1) is 18.5. The number of hydrogen-bond acceptors (Lipinski definition) is 4. The highest BCUT2D eigenvalue weighted by Gasteiger charge is 2.07. The Morgan fingerprint density at radius 3 is 2.48 bits per heavy atom. The Labute approximate surface area is 157 Å².